The van der Waals surface area contributed by atoms with Crippen LogP contribution in [0, 0.1) is 0 Å². The smallest absolute Gasteiger partial charge is 0.0456 e. The van der Waals surface area contributed by atoms with Gasteiger partial charge in [-0.2, -0.15) is 0 Å². The van der Waals surface area contributed by atoms with Crippen LogP contribution in [0.1, 0.15) is 30.4 Å². The molecule has 1 spiro atoms. The molecule has 1 saturated heterocycles. The number of hydrogen-bond donors (Lipinski definition) is 1. The highest BCUT2D eigenvalue weighted by Gasteiger charge is 2.40. The molecule has 1 aromatic heterocycles. The summed E-state index contributed by atoms with van der Waals surface area (Å²) in [4.78, 5) is 4.24. The van der Waals surface area contributed by atoms with Crippen LogP contribution < -0.4 is 5.32 Å². The van der Waals surface area contributed by atoms with Crippen molar-refractivity contribution in [1.29, 1.82) is 0 Å². The van der Waals surface area contributed by atoms with Gasteiger partial charge in [-0.3, -0.25) is 4.98 Å². The fraction of sp³-hybridized carbons (Fsp3) is 0.545. The van der Waals surface area contributed by atoms with E-state index in [1.807, 2.05) is 6.20 Å². The van der Waals surface area contributed by atoms with Crippen molar-refractivity contribution in [3.63, 3.8) is 0 Å². The van der Waals surface area contributed by atoms with Gasteiger partial charge < -0.3 is 5.32 Å². The van der Waals surface area contributed by atoms with Gasteiger partial charge in [-0.05, 0) is 49.4 Å². The Balaban J connectivity index is 2.11. The summed E-state index contributed by atoms with van der Waals surface area (Å²) in [6.07, 6.45) is 9.08. The second-order valence-corrected chi connectivity index (χ2v) is 4.15. The summed E-state index contributed by atoms with van der Waals surface area (Å²) in [5, 5.41) is 3.65. The van der Waals surface area contributed by atoms with Crippen molar-refractivity contribution < 1.29 is 0 Å². The molecule has 13 heavy (non-hydrogen) atoms. The minimum Gasteiger partial charge on any atom is -0.307 e. The van der Waals surface area contributed by atoms with E-state index in [4.69, 9.17) is 0 Å². The number of aromatic nitrogens is 1. The fourth-order valence-electron chi connectivity index (χ4n) is 2.80. The van der Waals surface area contributed by atoms with Crippen LogP contribution in [-0.4, -0.2) is 11.5 Å². The lowest BCUT2D eigenvalue weighted by Crippen LogP contribution is -2.34. The van der Waals surface area contributed by atoms with Crippen LogP contribution in [-0.2, 0) is 12.0 Å². The molecule has 0 amide bonds. The SMILES string of the molecule is c1cc2c(cn1)[C@]1(CCCN1)CC2. The van der Waals surface area contributed by atoms with Gasteiger partial charge in [0.25, 0.3) is 0 Å². The maximum Gasteiger partial charge on any atom is 0.0456 e. The van der Waals surface area contributed by atoms with Gasteiger partial charge in [0.2, 0.25) is 0 Å². The molecule has 0 saturated carbocycles. The largest absolute Gasteiger partial charge is 0.307 e. The zero-order valence-electron chi connectivity index (χ0n) is 7.71. The molecule has 0 aromatic carbocycles. The standard InChI is InChI=1S/C11H14N2/c1-4-11(13-6-1)5-2-9-3-7-12-8-10(9)11/h3,7-8,13H,1-2,4-6H2/t11-/m0/s1. The van der Waals surface area contributed by atoms with Crippen molar-refractivity contribution >= 4 is 0 Å². The summed E-state index contributed by atoms with van der Waals surface area (Å²) in [5.41, 5.74) is 3.28. The van der Waals surface area contributed by atoms with Gasteiger partial charge in [0.05, 0.1) is 0 Å². The summed E-state index contributed by atoms with van der Waals surface area (Å²) in [5.74, 6) is 0. The van der Waals surface area contributed by atoms with Crippen molar-refractivity contribution in [2.24, 2.45) is 0 Å². The van der Waals surface area contributed by atoms with Gasteiger partial charge in [0, 0.05) is 17.9 Å². The molecule has 1 aliphatic heterocycles. The van der Waals surface area contributed by atoms with Gasteiger partial charge in [0.15, 0.2) is 0 Å². The quantitative estimate of drug-likeness (QED) is 0.646. The monoisotopic (exact) mass is 174 g/mol. The van der Waals surface area contributed by atoms with E-state index in [-0.39, 0.29) is 0 Å². The summed E-state index contributed by atoms with van der Waals surface area (Å²) in [6, 6.07) is 2.17. The van der Waals surface area contributed by atoms with E-state index in [1.165, 1.54) is 43.4 Å². The van der Waals surface area contributed by atoms with Gasteiger partial charge in [-0.1, -0.05) is 0 Å². The van der Waals surface area contributed by atoms with Gasteiger partial charge in [-0.15, -0.1) is 0 Å². The first-order valence-electron chi connectivity index (χ1n) is 5.09. The molecule has 2 heteroatoms. The molecule has 0 bridgehead atoms. The molecule has 1 fully saturated rings. The van der Waals surface area contributed by atoms with Crippen molar-refractivity contribution in [2.45, 2.75) is 31.2 Å². The Morgan fingerprint density at radius 2 is 2.38 bits per heavy atom. The predicted molar refractivity (Wildman–Crippen MR) is 51.5 cm³/mol. The number of pyridine rings is 1. The van der Waals surface area contributed by atoms with E-state index in [2.05, 4.69) is 22.6 Å². The average Bonchev–Trinajstić information content (AvgIpc) is 2.78. The number of aryl methyl sites for hydroxylation is 1. The van der Waals surface area contributed by atoms with Crippen LogP contribution in [0.2, 0.25) is 0 Å². The van der Waals surface area contributed by atoms with E-state index < -0.39 is 0 Å². The van der Waals surface area contributed by atoms with E-state index in [1.54, 1.807) is 0 Å². The molecule has 3 rings (SSSR count). The van der Waals surface area contributed by atoms with E-state index >= 15 is 0 Å². The number of nitrogens with one attached hydrogen (secondary N) is 1. The van der Waals surface area contributed by atoms with E-state index in [0.717, 1.165) is 0 Å². The molecule has 2 heterocycles. The molecule has 0 radical (unpaired) electrons. The van der Waals surface area contributed by atoms with Crippen LogP contribution in [0.4, 0.5) is 0 Å². The first-order chi connectivity index (χ1) is 6.41. The summed E-state index contributed by atoms with van der Waals surface area (Å²) < 4.78 is 0. The van der Waals surface area contributed by atoms with Crippen LogP contribution in [0.15, 0.2) is 18.5 Å². The lowest BCUT2D eigenvalue weighted by atomic mass is 9.91. The van der Waals surface area contributed by atoms with Crippen molar-refractivity contribution in [3.05, 3.63) is 29.6 Å². The van der Waals surface area contributed by atoms with Crippen molar-refractivity contribution in [3.8, 4) is 0 Å². The first kappa shape index (κ1) is 7.51. The topological polar surface area (TPSA) is 24.9 Å². The second kappa shape index (κ2) is 2.55. The molecule has 0 unspecified atom stereocenters. The summed E-state index contributed by atoms with van der Waals surface area (Å²) >= 11 is 0. The minimum atomic E-state index is 0.309. The number of nitrogens with zero attached hydrogens (tertiary/aromatic N) is 1. The van der Waals surface area contributed by atoms with Crippen LogP contribution in [0.25, 0.3) is 0 Å². The third kappa shape index (κ3) is 0.953. The van der Waals surface area contributed by atoms with Crippen LogP contribution >= 0.6 is 0 Å². The molecule has 1 atom stereocenters. The predicted octanol–water partition coefficient (Wildman–Crippen LogP) is 1.61. The fourth-order valence-corrected chi connectivity index (χ4v) is 2.80. The number of fused-ring (bicyclic) bond motifs is 2. The second-order valence-electron chi connectivity index (χ2n) is 4.15. The minimum absolute atomic E-state index is 0.309. The maximum absolute atomic E-state index is 4.24. The molecule has 68 valence electrons. The Labute approximate surface area is 78.4 Å². The molecule has 1 N–H and O–H groups in total. The summed E-state index contributed by atoms with van der Waals surface area (Å²) in [6.45, 7) is 1.17. The van der Waals surface area contributed by atoms with Crippen LogP contribution in [0.3, 0.4) is 0 Å². The van der Waals surface area contributed by atoms with Crippen molar-refractivity contribution in [2.75, 3.05) is 6.54 Å². The average molecular weight is 174 g/mol. The highest BCUT2D eigenvalue weighted by molar-refractivity contribution is 5.37. The molecular formula is C11H14N2. The Morgan fingerprint density at radius 1 is 1.38 bits per heavy atom. The molecule has 2 nitrogen and oxygen atoms in total. The Kier molecular flexibility index (Phi) is 1.47. The van der Waals surface area contributed by atoms with E-state index in [0.29, 0.717) is 5.54 Å². The maximum atomic E-state index is 4.24. The third-order valence-corrected chi connectivity index (χ3v) is 3.49. The van der Waals surface area contributed by atoms with Gasteiger partial charge >= 0.3 is 0 Å². The third-order valence-electron chi connectivity index (χ3n) is 3.49. The lowest BCUT2D eigenvalue weighted by molar-refractivity contribution is 0.388. The van der Waals surface area contributed by atoms with Gasteiger partial charge in [-0.25, -0.2) is 0 Å². The lowest BCUT2D eigenvalue weighted by Gasteiger charge is -2.24. The molecule has 1 aliphatic carbocycles. The highest BCUT2D eigenvalue weighted by Crippen LogP contribution is 2.41. The van der Waals surface area contributed by atoms with Crippen molar-refractivity contribution in [1.82, 2.24) is 10.3 Å². The zero-order valence-corrected chi connectivity index (χ0v) is 7.71. The normalized spacial score (nSPS) is 31.1. The van der Waals surface area contributed by atoms with E-state index in [9.17, 15) is 0 Å². The zero-order chi connectivity index (χ0) is 8.73. The number of rotatable bonds is 0. The molecule has 2 aliphatic rings. The van der Waals surface area contributed by atoms with Gasteiger partial charge in [0.1, 0.15) is 0 Å². The van der Waals surface area contributed by atoms with Crippen LogP contribution in [0.5, 0.6) is 0 Å². The molecule has 1 aromatic rings. The number of hydrogen-bond acceptors (Lipinski definition) is 2. The Bertz CT molecular complexity index is 327. The molecular weight excluding hydrogens is 160 g/mol. The Hall–Kier alpha value is -0.890. The summed E-state index contributed by atoms with van der Waals surface area (Å²) in [7, 11) is 0. The first-order valence-corrected chi connectivity index (χ1v) is 5.09. The highest BCUT2D eigenvalue weighted by atomic mass is 15.0. The Morgan fingerprint density at radius 3 is 3.23 bits per heavy atom.